The molecule has 1 heterocycles. The van der Waals surface area contributed by atoms with E-state index < -0.39 is 0 Å². The second kappa shape index (κ2) is 7.46. The van der Waals surface area contributed by atoms with Crippen molar-refractivity contribution in [1.29, 1.82) is 0 Å². The molecule has 108 valence electrons. The van der Waals surface area contributed by atoms with Gasteiger partial charge in [-0.25, -0.2) is 4.98 Å². The van der Waals surface area contributed by atoms with E-state index in [9.17, 15) is 0 Å². The number of rotatable bonds is 7. The highest BCUT2D eigenvalue weighted by Gasteiger charge is 2.08. The molecule has 0 N–H and O–H groups in total. The highest BCUT2D eigenvalue weighted by molar-refractivity contribution is 6.18. The van der Waals surface area contributed by atoms with Crippen molar-refractivity contribution in [2.45, 2.75) is 19.7 Å². The highest BCUT2D eigenvalue weighted by atomic mass is 35.5. The van der Waals surface area contributed by atoms with Crippen molar-refractivity contribution >= 4 is 22.4 Å². The van der Waals surface area contributed by atoms with Gasteiger partial charge < -0.3 is 9.64 Å². The van der Waals surface area contributed by atoms with Gasteiger partial charge in [-0.3, -0.25) is 0 Å². The predicted molar refractivity (Wildman–Crippen MR) is 84.6 cm³/mol. The van der Waals surface area contributed by atoms with Crippen LogP contribution in [0.3, 0.4) is 0 Å². The van der Waals surface area contributed by atoms with Crippen LogP contribution in [0.2, 0.25) is 0 Å². The second-order valence-electron chi connectivity index (χ2n) is 4.64. The maximum Gasteiger partial charge on any atom is 0.221 e. The van der Waals surface area contributed by atoms with E-state index in [1.807, 2.05) is 24.4 Å². The van der Waals surface area contributed by atoms with E-state index in [0.29, 0.717) is 18.4 Å². The molecule has 0 aliphatic rings. The summed E-state index contributed by atoms with van der Waals surface area (Å²) < 4.78 is 5.86. The molecule has 2 rings (SSSR count). The van der Waals surface area contributed by atoms with Crippen LogP contribution in [0.15, 0.2) is 30.5 Å². The lowest BCUT2D eigenvalue weighted by Gasteiger charge is -2.18. The molecule has 3 nitrogen and oxygen atoms in total. The molecular formula is C16H21ClN2O. The highest BCUT2D eigenvalue weighted by Crippen LogP contribution is 2.26. The van der Waals surface area contributed by atoms with Crippen molar-refractivity contribution in [3.05, 3.63) is 36.0 Å². The molecule has 1 aromatic carbocycles. The molecule has 20 heavy (non-hydrogen) atoms. The number of alkyl halides is 1. The SMILES string of the molecule is CCN(CC)CCOc1ncc(CCl)c2ccccc12. The average Bonchev–Trinajstić information content (AvgIpc) is 2.51. The minimum absolute atomic E-state index is 0.466. The van der Waals surface area contributed by atoms with Crippen LogP contribution in [0, 0.1) is 0 Å². The van der Waals surface area contributed by atoms with Crippen LogP contribution >= 0.6 is 11.6 Å². The minimum Gasteiger partial charge on any atom is -0.476 e. The normalized spacial score (nSPS) is 11.2. The molecule has 0 aliphatic carbocycles. The van der Waals surface area contributed by atoms with Crippen molar-refractivity contribution < 1.29 is 4.74 Å². The quantitative estimate of drug-likeness (QED) is 0.728. The number of hydrogen-bond acceptors (Lipinski definition) is 3. The number of benzene rings is 1. The van der Waals surface area contributed by atoms with Gasteiger partial charge in [0.15, 0.2) is 0 Å². The molecular weight excluding hydrogens is 272 g/mol. The monoisotopic (exact) mass is 292 g/mol. The molecule has 0 spiro atoms. The second-order valence-corrected chi connectivity index (χ2v) is 4.91. The summed E-state index contributed by atoms with van der Waals surface area (Å²) in [7, 11) is 0. The fourth-order valence-corrected chi connectivity index (χ4v) is 2.47. The Morgan fingerprint density at radius 2 is 1.85 bits per heavy atom. The third-order valence-electron chi connectivity index (χ3n) is 3.53. The summed E-state index contributed by atoms with van der Waals surface area (Å²) in [6.45, 7) is 7.97. The van der Waals surface area contributed by atoms with Gasteiger partial charge in [0.05, 0.1) is 0 Å². The number of pyridine rings is 1. The molecule has 0 unspecified atom stereocenters. The lowest BCUT2D eigenvalue weighted by Crippen LogP contribution is -2.28. The number of ether oxygens (including phenoxy) is 1. The van der Waals surface area contributed by atoms with Crippen LogP contribution in [0.25, 0.3) is 10.8 Å². The predicted octanol–water partition coefficient (Wildman–Crippen LogP) is 3.69. The van der Waals surface area contributed by atoms with Crippen LogP contribution in [0.4, 0.5) is 0 Å². The largest absolute Gasteiger partial charge is 0.476 e. The van der Waals surface area contributed by atoms with Gasteiger partial charge >= 0.3 is 0 Å². The van der Waals surface area contributed by atoms with Crippen LogP contribution in [-0.2, 0) is 5.88 Å². The van der Waals surface area contributed by atoms with E-state index >= 15 is 0 Å². The van der Waals surface area contributed by atoms with E-state index in [2.05, 4.69) is 29.8 Å². The summed E-state index contributed by atoms with van der Waals surface area (Å²) in [5.74, 6) is 1.16. The van der Waals surface area contributed by atoms with Crippen LogP contribution < -0.4 is 4.74 Å². The average molecular weight is 293 g/mol. The first kappa shape index (κ1) is 15.1. The number of nitrogens with zero attached hydrogens (tertiary/aromatic N) is 2. The first-order valence-electron chi connectivity index (χ1n) is 7.07. The molecule has 2 aromatic rings. The van der Waals surface area contributed by atoms with Crippen LogP contribution in [0.1, 0.15) is 19.4 Å². The smallest absolute Gasteiger partial charge is 0.221 e. The van der Waals surface area contributed by atoms with Crippen molar-refractivity contribution in [3.63, 3.8) is 0 Å². The van der Waals surface area contributed by atoms with E-state index in [1.165, 1.54) is 0 Å². The van der Waals surface area contributed by atoms with Crippen molar-refractivity contribution in [2.24, 2.45) is 0 Å². The summed E-state index contributed by atoms with van der Waals surface area (Å²) in [6.07, 6.45) is 1.81. The Kier molecular flexibility index (Phi) is 5.62. The molecule has 0 bridgehead atoms. The summed E-state index contributed by atoms with van der Waals surface area (Å²) in [6, 6.07) is 8.11. The fraction of sp³-hybridized carbons (Fsp3) is 0.438. The minimum atomic E-state index is 0.466. The van der Waals surface area contributed by atoms with Gasteiger partial charge in [-0.05, 0) is 30.1 Å². The number of fused-ring (bicyclic) bond motifs is 1. The molecule has 0 atom stereocenters. The Bertz CT molecular complexity index is 555. The lowest BCUT2D eigenvalue weighted by atomic mass is 10.1. The first-order valence-corrected chi connectivity index (χ1v) is 7.61. The van der Waals surface area contributed by atoms with Crippen LogP contribution in [0.5, 0.6) is 5.88 Å². The fourth-order valence-electron chi connectivity index (χ4n) is 2.26. The van der Waals surface area contributed by atoms with Gasteiger partial charge in [0, 0.05) is 24.0 Å². The summed E-state index contributed by atoms with van der Waals surface area (Å²) in [5.41, 5.74) is 1.04. The maximum atomic E-state index is 5.95. The van der Waals surface area contributed by atoms with E-state index in [-0.39, 0.29) is 0 Å². The van der Waals surface area contributed by atoms with Gasteiger partial charge in [-0.15, -0.1) is 11.6 Å². The first-order chi connectivity index (χ1) is 9.80. The van der Waals surface area contributed by atoms with Gasteiger partial charge in [-0.2, -0.15) is 0 Å². The Labute approximate surface area is 125 Å². The van der Waals surface area contributed by atoms with Crippen LogP contribution in [-0.4, -0.2) is 36.1 Å². The van der Waals surface area contributed by atoms with Crippen molar-refractivity contribution in [3.8, 4) is 5.88 Å². The number of hydrogen-bond donors (Lipinski definition) is 0. The van der Waals surface area contributed by atoms with Gasteiger partial charge in [-0.1, -0.05) is 32.0 Å². The number of likely N-dealkylation sites (N-methyl/N-ethyl adjacent to an activating group) is 1. The zero-order chi connectivity index (χ0) is 14.4. The molecule has 0 amide bonds. The maximum absolute atomic E-state index is 5.95. The molecule has 4 heteroatoms. The van der Waals surface area contributed by atoms with Crippen molar-refractivity contribution in [2.75, 3.05) is 26.2 Å². The summed E-state index contributed by atoms with van der Waals surface area (Å²) in [5, 5.41) is 2.15. The Hall–Kier alpha value is -1.32. The van der Waals surface area contributed by atoms with Crippen molar-refractivity contribution in [1.82, 2.24) is 9.88 Å². The third-order valence-corrected chi connectivity index (χ3v) is 3.81. The number of aromatic nitrogens is 1. The van der Waals surface area contributed by atoms with E-state index in [4.69, 9.17) is 16.3 Å². The molecule has 0 radical (unpaired) electrons. The topological polar surface area (TPSA) is 25.4 Å². The summed E-state index contributed by atoms with van der Waals surface area (Å²) in [4.78, 5) is 6.73. The standard InChI is InChI=1S/C16H21ClN2O/c1-3-19(4-2)9-10-20-16-15-8-6-5-7-14(15)13(11-17)12-18-16/h5-8,12H,3-4,9-11H2,1-2H3. The van der Waals surface area contributed by atoms with Gasteiger partial charge in [0.25, 0.3) is 0 Å². The van der Waals surface area contributed by atoms with E-state index in [0.717, 1.165) is 36.0 Å². The molecule has 0 saturated carbocycles. The summed E-state index contributed by atoms with van der Waals surface area (Å²) >= 11 is 5.95. The Balaban J connectivity index is 2.15. The third kappa shape index (κ3) is 3.41. The Morgan fingerprint density at radius 1 is 1.15 bits per heavy atom. The lowest BCUT2D eigenvalue weighted by molar-refractivity contribution is 0.219. The van der Waals surface area contributed by atoms with E-state index in [1.54, 1.807) is 0 Å². The molecule has 0 fully saturated rings. The molecule has 0 aliphatic heterocycles. The number of halogens is 1. The van der Waals surface area contributed by atoms with Gasteiger partial charge in [0.2, 0.25) is 5.88 Å². The molecule has 0 saturated heterocycles. The molecule has 1 aromatic heterocycles. The Morgan fingerprint density at radius 3 is 2.50 bits per heavy atom. The zero-order valence-corrected chi connectivity index (χ0v) is 12.9. The van der Waals surface area contributed by atoms with Gasteiger partial charge in [0.1, 0.15) is 6.61 Å². The zero-order valence-electron chi connectivity index (χ0n) is 12.1.